The number of halogens is 3. The van der Waals surface area contributed by atoms with Gasteiger partial charge in [0.2, 0.25) is 5.91 Å². The van der Waals surface area contributed by atoms with Crippen molar-refractivity contribution in [3.05, 3.63) is 0 Å². The quantitative estimate of drug-likeness (QED) is 0.799. The average Bonchev–Trinajstić information content (AvgIpc) is 2.50. The van der Waals surface area contributed by atoms with E-state index >= 15 is 0 Å². The number of hydrogen-bond donors (Lipinski definition) is 2. The third-order valence-corrected chi connectivity index (χ3v) is 3.97. The lowest BCUT2D eigenvalue weighted by Gasteiger charge is -2.09. The Kier molecular flexibility index (Phi) is 3.49. The summed E-state index contributed by atoms with van der Waals surface area (Å²) in [5, 5.41) is 4.83. The lowest BCUT2D eigenvalue weighted by molar-refractivity contribution is -0.137. The molecular weight excluding hydrogens is 233 g/mol. The van der Waals surface area contributed by atoms with Crippen LogP contribution < -0.4 is 10.6 Å². The molecule has 3 nitrogen and oxygen atoms in total. The van der Waals surface area contributed by atoms with E-state index in [0.717, 1.165) is 0 Å². The van der Waals surface area contributed by atoms with Crippen molar-refractivity contribution in [3.63, 3.8) is 0 Å². The fourth-order valence-corrected chi connectivity index (χ4v) is 2.16. The summed E-state index contributed by atoms with van der Waals surface area (Å²) in [7, 11) is 0. The Bertz CT molecular complexity index is 296. The maximum atomic E-state index is 11.8. The van der Waals surface area contributed by atoms with Crippen molar-refractivity contribution in [2.45, 2.75) is 39.9 Å². The minimum atomic E-state index is -4.35. The molecule has 0 saturated heterocycles. The average molecular weight is 252 g/mol. The van der Waals surface area contributed by atoms with Crippen molar-refractivity contribution in [1.82, 2.24) is 10.6 Å². The number of hydrogen-bond acceptors (Lipinski definition) is 2. The van der Waals surface area contributed by atoms with Gasteiger partial charge in [0, 0.05) is 6.04 Å². The van der Waals surface area contributed by atoms with Crippen LogP contribution in [0.1, 0.15) is 27.7 Å². The predicted octanol–water partition coefficient (Wildman–Crippen LogP) is 1.69. The number of nitrogens with one attached hydrogen (secondary N) is 2. The van der Waals surface area contributed by atoms with Crippen molar-refractivity contribution < 1.29 is 18.0 Å². The summed E-state index contributed by atoms with van der Waals surface area (Å²) in [4.78, 5) is 11.2. The maximum absolute atomic E-state index is 11.8. The van der Waals surface area contributed by atoms with Gasteiger partial charge in [-0.2, -0.15) is 13.2 Å². The number of carbonyl (C=O) groups excluding carboxylic acids is 1. The van der Waals surface area contributed by atoms with E-state index in [2.05, 4.69) is 33.0 Å². The maximum Gasteiger partial charge on any atom is 0.405 e. The normalized spacial score (nSPS) is 22.3. The van der Waals surface area contributed by atoms with Crippen LogP contribution in [0.15, 0.2) is 0 Å². The first kappa shape index (κ1) is 14.3. The Morgan fingerprint density at radius 1 is 1.18 bits per heavy atom. The molecule has 0 spiro atoms. The van der Waals surface area contributed by atoms with Gasteiger partial charge >= 0.3 is 6.18 Å². The number of rotatable bonds is 4. The molecule has 6 heteroatoms. The molecule has 17 heavy (non-hydrogen) atoms. The smallest absolute Gasteiger partial charge is 0.346 e. The summed E-state index contributed by atoms with van der Waals surface area (Å²) in [5.74, 6) is -0.624. The molecular formula is C11H19F3N2O. The first-order chi connectivity index (χ1) is 7.48. The molecule has 1 rings (SSSR count). The van der Waals surface area contributed by atoms with Gasteiger partial charge in [-0.1, -0.05) is 27.7 Å². The van der Waals surface area contributed by atoms with Gasteiger partial charge in [-0.3, -0.25) is 4.79 Å². The van der Waals surface area contributed by atoms with Gasteiger partial charge in [-0.25, -0.2) is 0 Å². The summed E-state index contributed by atoms with van der Waals surface area (Å²) in [6, 6.07) is 0.159. The number of amides is 1. The van der Waals surface area contributed by atoms with Crippen LogP contribution in [-0.4, -0.2) is 31.2 Å². The molecule has 0 bridgehead atoms. The largest absolute Gasteiger partial charge is 0.405 e. The van der Waals surface area contributed by atoms with Crippen LogP contribution in [0.3, 0.4) is 0 Å². The molecule has 0 heterocycles. The van der Waals surface area contributed by atoms with Crippen molar-refractivity contribution >= 4 is 5.91 Å². The van der Waals surface area contributed by atoms with Gasteiger partial charge < -0.3 is 10.6 Å². The Balaban J connectivity index is 2.27. The molecule has 0 aliphatic heterocycles. The van der Waals surface area contributed by atoms with Gasteiger partial charge in [-0.15, -0.1) is 0 Å². The van der Waals surface area contributed by atoms with Gasteiger partial charge in [0.05, 0.1) is 6.54 Å². The zero-order valence-electron chi connectivity index (χ0n) is 10.5. The highest BCUT2D eigenvalue weighted by atomic mass is 19.4. The van der Waals surface area contributed by atoms with E-state index in [9.17, 15) is 18.0 Å². The molecule has 1 amide bonds. The van der Waals surface area contributed by atoms with E-state index in [-0.39, 0.29) is 23.4 Å². The van der Waals surface area contributed by atoms with Crippen LogP contribution in [0.4, 0.5) is 13.2 Å². The van der Waals surface area contributed by atoms with E-state index in [1.165, 1.54) is 0 Å². The molecule has 0 radical (unpaired) electrons. The zero-order chi connectivity index (χ0) is 13.5. The predicted molar refractivity (Wildman–Crippen MR) is 58.4 cm³/mol. The summed E-state index contributed by atoms with van der Waals surface area (Å²) >= 11 is 0. The van der Waals surface area contributed by atoms with Crippen molar-refractivity contribution in [1.29, 1.82) is 0 Å². The van der Waals surface area contributed by atoms with Crippen molar-refractivity contribution in [2.24, 2.45) is 10.8 Å². The molecule has 100 valence electrons. The van der Waals surface area contributed by atoms with Crippen molar-refractivity contribution in [2.75, 3.05) is 13.1 Å². The molecule has 0 atom stereocenters. The molecule has 0 aromatic heterocycles. The highest BCUT2D eigenvalue weighted by Gasteiger charge is 2.64. The van der Waals surface area contributed by atoms with Crippen LogP contribution in [-0.2, 0) is 4.79 Å². The molecule has 1 saturated carbocycles. The van der Waals surface area contributed by atoms with Crippen LogP contribution in [0.5, 0.6) is 0 Å². The first-order valence-electron chi connectivity index (χ1n) is 5.55. The molecule has 2 N–H and O–H groups in total. The third kappa shape index (κ3) is 3.12. The summed E-state index contributed by atoms with van der Waals surface area (Å²) in [5.41, 5.74) is 0.134. The van der Waals surface area contributed by atoms with E-state index < -0.39 is 18.6 Å². The molecule has 1 aliphatic carbocycles. The fraction of sp³-hybridized carbons (Fsp3) is 0.909. The molecule has 1 fully saturated rings. The van der Waals surface area contributed by atoms with Crippen LogP contribution in [0, 0.1) is 10.8 Å². The number of alkyl halides is 3. The fourth-order valence-electron chi connectivity index (χ4n) is 2.16. The van der Waals surface area contributed by atoms with Crippen LogP contribution in [0.2, 0.25) is 0 Å². The van der Waals surface area contributed by atoms with E-state index in [4.69, 9.17) is 0 Å². The number of carbonyl (C=O) groups is 1. The van der Waals surface area contributed by atoms with E-state index in [0.29, 0.717) is 0 Å². The van der Waals surface area contributed by atoms with Gasteiger partial charge in [0.25, 0.3) is 0 Å². The Hall–Kier alpha value is -0.780. The molecule has 0 unspecified atom stereocenters. The zero-order valence-corrected chi connectivity index (χ0v) is 10.5. The topological polar surface area (TPSA) is 41.1 Å². The van der Waals surface area contributed by atoms with Crippen LogP contribution >= 0.6 is 0 Å². The molecule has 1 aliphatic rings. The standard InChI is InChI=1S/C11H19F3N2O/c1-9(2)8(10(9,3)4)15-5-7(17)16-6-11(12,13)14/h8,15H,5-6H2,1-4H3,(H,16,17). The molecule has 0 aromatic rings. The highest BCUT2D eigenvalue weighted by Crippen LogP contribution is 2.62. The Labute approximate surface area is 99.1 Å². The second-order valence-corrected chi connectivity index (χ2v) is 5.65. The lowest BCUT2D eigenvalue weighted by atomic mass is 10.0. The SMILES string of the molecule is CC1(C)C(NCC(=O)NCC(F)(F)F)C1(C)C. The lowest BCUT2D eigenvalue weighted by Crippen LogP contribution is -2.40. The second-order valence-electron chi connectivity index (χ2n) is 5.65. The molecule has 0 aromatic carbocycles. The first-order valence-corrected chi connectivity index (χ1v) is 5.55. The Morgan fingerprint density at radius 2 is 1.65 bits per heavy atom. The summed E-state index contributed by atoms with van der Waals surface area (Å²) < 4.78 is 35.5. The third-order valence-electron chi connectivity index (χ3n) is 3.97. The monoisotopic (exact) mass is 252 g/mol. The highest BCUT2D eigenvalue weighted by molar-refractivity contribution is 5.78. The van der Waals surface area contributed by atoms with Gasteiger partial charge in [0.15, 0.2) is 0 Å². The Morgan fingerprint density at radius 3 is 2.00 bits per heavy atom. The van der Waals surface area contributed by atoms with Crippen molar-refractivity contribution in [3.8, 4) is 0 Å². The van der Waals surface area contributed by atoms with Crippen LogP contribution in [0.25, 0.3) is 0 Å². The van der Waals surface area contributed by atoms with Gasteiger partial charge in [-0.05, 0) is 10.8 Å². The minimum Gasteiger partial charge on any atom is -0.346 e. The van der Waals surface area contributed by atoms with Gasteiger partial charge in [0.1, 0.15) is 6.54 Å². The van der Waals surface area contributed by atoms with E-state index in [1.54, 1.807) is 0 Å². The minimum absolute atomic E-state index is 0.0668. The summed E-state index contributed by atoms with van der Waals surface area (Å²) in [6.07, 6.45) is -4.35. The summed E-state index contributed by atoms with van der Waals surface area (Å²) in [6.45, 7) is 6.92. The van der Waals surface area contributed by atoms with E-state index in [1.807, 2.05) is 5.32 Å². The second kappa shape index (κ2) is 4.15.